The van der Waals surface area contributed by atoms with E-state index in [4.69, 9.17) is 28.4 Å². The van der Waals surface area contributed by atoms with Crippen LogP contribution in [-0.2, 0) is 9.53 Å². The second-order valence-corrected chi connectivity index (χ2v) is 8.81. The van der Waals surface area contributed by atoms with Gasteiger partial charge in [0.1, 0.15) is 0 Å². The van der Waals surface area contributed by atoms with Crippen LogP contribution in [0.4, 0.5) is 0 Å². The van der Waals surface area contributed by atoms with E-state index in [2.05, 4.69) is 5.32 Å². The lowest BCUT2D eigenvalue weighted by Gasteiger charge is -2.40. The fourth-order valence-corrected chi connectivity index (χ4v) is 5.43. The predicted octanol–water partition coefficient (Wildman–Crippen LogP) is 1.36. The number of carbonyl (C=O) groups is 1. The van der Waals surface area contributed by atoms with Crippen LogP contribution in [0, 0.1) is 11.8 Å². The van der Waals surface area contributed by atoms with E-state index in [1.165, 1.54) is 7.11 Å². The Morgan fingerprint density at radius 2 is 1.66 bits per heavy atom. The quantitative estimate of drug-likeness (QED) is 0.470. The zero-order valence-electron chi connectivity index (χ0n) is 19.8. The zero-order chi connectivity index (χ0) is 24.7. The van der Waals surface area contributed by atoms with Gasteiger partial charge < -0.3 is 44.0 Å². The van der Waals surface area contributed by atoms with Gasteiger partial charge in [-0.1, -0.05) is 0 Å². The van der Waals surface area contributed by atoms with Gasteiger partial charge in [-0.2, -0.15) is 0 Å². The van der Waals surface area contributed by atoms with Gasteiger partial charge in [-0.15, -0.1) is 0 Å². The van der Waals surface area contributed by atoms with Crippen molar-refractivity contribution in [1.82, 2.24) is 5.32 Å². The molecule has 0 aromatic heterocycles. The Hall–Kier alpha value is -3.21. The summed E-state index contributed by atoms with van der Waals surface area (Å²) in [6.07, 6.45) is -0.934. The Morgan fingerprint density at radius 3 is 2.26 bits per heavy atom. The molecule has 3 N–H and O–H groups in total. The highest BCUT2D eigenvalue weighted by Crippen LogP contribution is 2.55. The number of aliphatic hydroxyl groups excluding tert-OH is 2. The molecule has 0 amide bonds. The molecule has 1 aliphatic carbocycles. The van der Waals surface area contributed by atoms with Crippen molar-refractivity contribution in [2.75, 3.05) is 47.9 Å². The molecule has 0 saturated carbocycles. The topological polar surface area (TPSA) is 125 Å². The average molecular weight is 488 g/mol. The summed E-state index contributed by atoms with van der Waals surface area (Å²) in [4.78, 5) is 13.1. The van der Waals surface area contributed by atoms with Gasteiger partial charge in [0.2, 0.25) is 12.5 Å². The lowest BCUT2D eigenvalue weighted by Crippen LogP contribution is -2.43. The highest BCUT2D eigenvalue weighted by molar-refractivity contribution is 5.79. The first-order valence-corrected chi connectivity index (χ1v) is 11.4. The maximum absolute atomic E-state index is 13.1. The summed E-state index contributed by atoms with van der Waals surface area (Å²) in [5.41, 5.74) is 2.60. The van der Waals surface area contributed by atoms with Gasteiger partial charge in [-0.05, 0) is 41.0 Å². The monoisotopic (exact) mass is 487 g/mol. The first kappa shape index (κ1) is 23.5. The average Bonchev–Trinajstić information content (AvgIpc) is 3.50. The smallest absolute Gasteiger partial charge is 0.310 e. The number of carbonyl (C=O) groups excluding carboxylic acids is 1. The number of benzene rings is 2. The summed E-state index contributed by atoms with van der Waals surface area (Å²) in [7, 11) is 4.64. The Labute approximate surface area is 202 Å². The maximum atomic E-state index is 13.1. The summed E-state index contributed by atoms with van der Waals surface area (Å²) >= 11 is 0. The number of hydrogen-bond acceptors (Lipinski definition) is 10. The normalized spacial score (nSPS) is 24.9. The van der Waals surface area contributed by atoms with E-state index in [0.29, 0.717) is 28.7 Å². The molecule has 5 unspecified atom stereocenters. The second kappa shape index (κ2) is 9.44. The van der Waals surface area contributed by atoms with Gasteiger partial charge in [0.15, 0.2) is 23.0 Å². The molecular weight excluding hydrogens is 458 g/mol. The van der Waals surface area contributed by atoms with E-state index in [-0.39, 0.29) is 50.4 Å². The second-order valence-electron chi connectivity index (χ2n) is 8.81. The molecule has 3 aliphatic rings. The third-order valence-corrected chi connectivity index (χ3v) is 7.02. The van der Waals surface area contributed by atoms with Crippen LogP contribution >= 0.6 is 0 Å². The molecule has 0 bridgehead atoms. The molecule has 35 heavy (non-hydrogen) atoms. The first-order valence-electron chi connectivity index (χ1n) is 11.4. The van der Waals surface area contributed by atoms with Gasteiger partial charge in [0.05, 0.1) is 46.6 Å². The molecule has 0 spiro atoms. The molecule has 1 fully saturated rings. The van der Waals surface area contributed by atoms with E-state index in [0.717, 1.165) is 16.7 Å². The molecule has 188 valence electrons. The van der Waals surface area contributed by atoms with Crippen molar-refractivity contribution in [2.45, 2.75) is 18.1 Å². The number of nitrogens with one attached hydrogen (secondary N) is 1. The van der Waals surface area contributed by atoms with Crippen LogP contribution in [0.15, 0.2) is 24.3 Å². The molecule has 0 radical (unpaired) electrons. The van der Waals surface area contributed by atoms with Gasteiger partial charge >= 0.3 is 5.97 Å². The Bertz CT molecular complexity index is 1100. The Balaban J connectivity index is 1.69. The Morgan fingerprint density at radius 1 is 1.00 bits per heavy atom. The Kier molecular flexibility index (Phi) is 6.35. The summed E-state index contributed by atoms with van der Waals surface area (Å²) in [6, 6.07) is 7.23. The van der Waals surface area contributed by atoms with Crippen molar-refractivity contribution >= 4 is 5.97 Å². The molecular formula is C25H29NO9. The van der Waals surface area contributed by atoms with Gasteiger partial charge in [-0.3, -0.25) is 4.79 Å². The lowest BCUT2D eigenvalue weighted by atomic mass is 9.65. The maximum Gasteiger partial charge on any atom is 0.310 e. The van der Waals surface area contributed by atoms with Crippen molar-refractivity contribution in [3.05, 3.63) is 41.0 Å². The first-order chi connectivity index (χ1) is 17.0. The summed E-state index contributed by atoms with van der Waals surface area (Å²) in [5.74, 6) is 1.24. The van der Waals surface area contributed by atoms with E-state index in [1.54, 1.807) is 14.2 Å². The summed E-state index contributed by atoms with van der Waals surface area (Å²) < 4.78 is 33.5. The molecule has 1 saturated heterocycles. The third-order valence-electron chi connectivity index (χ3n) is 7.02. The van der Waals surface area contributed by atoms with E-state index >= 15 is 0 Å². The number of fused-ring (bicyclic) bond motifs is 3. The van der Waals surface area contributed by atoms with Crippen LogP contribution < -0.4 is 29.0 Å². The van der Waals surface area contributed by atoms with Crippen molar-refractivity contribution in [3.63, 3.8) is 0 Å². The molecule has 5 rings (SSSR count). The zero-order valence-corrected chi connectivity index (χ0v) is 19.8. The largest absolute Gasteiger partial charge is 0.493 e. The number of rotatable bonds is 8. The molecule has 10 heteroatoms. The molecule has 2 aromatic carbocycles. The van der Waals surface area contributed by atoms with Crippen molar-refractivity contribution in [3.8, 4) is 28.7 Å². The van der Waals surface area contributed by atoms with E-state index in [9.17, 15) is 15.0 Å². The van der Waals surface area contributed by atoms with Crippen molar-refractivity contribution in [1.29, 1.82) is 0 Å². The minimum atomic E-state index is -0.934. The molecule has 5 atom stereocenters. The van der Waals surface area contributed by atoms with Crippen molar-refractivity contribution < 1.29 is 43.4 Å². The molecule has 2 heterocycles. The SMILES string of the molecule is COc1cc(C2c3cc4c(cc3C(NCC(O)CO)C3COC(=O)C23)OCO4)cc(OC)c1OC. The van der Waals surface area contributed by atoms with Crippen LogP contribution in [0.2, 0.25) is 0 Å². The fourth-order valence-electron chi connectivity index (χ4n) is 5.43. The van der Waals surface area contributed by atoms with Crippen LogP contribution in [0.25, 0.3) is 0 Å². The van der Waals surface area contributed by atoms with Crippen LogP contribution in [0.5, 0.6) is 28.7 Å². The molecule has 2 aliphatic heterocycles. The van der Waals surface area contributed by atoms with E-state index < -0.39 is 12.0 Å². The lowest BCUT2D eigenvalue weighted by molar-refractivity contribution is -0.141. The summed E-state index contributed by atoms with van der Waals surface area (Å²) in [5, 5.41) is 22.6. The highest BCUT2D eigenvalue weighted by Gasteiger charge is 2.52. The fraction of sp³-hybridized carbons (Fsp3) is 0.480. The van der Waals surface area contributed by atoms with Crippen LogP contribution in [0.1, 0.15) is 28.7 Å². The van der Waals surface area contributed by atoms with Crippen molar-refractivity contribution in [2.24, 2.45) is 11.8 Å². The van der Waals surface area contributed by atoms with Gasteiger partial charge in [0, 0.05) is 24.4 Å². The minimum absolute atomic E-state index is 0.114. The number of methoxy groups -OCH3 is 3. The summed E-state index contributed by atoms with van der Waals surface area (Å²) in [6.45, 7) is 0.126. The van der Waals surface area contributed by atoms with E-state index in [1.807, 2.05) is 24.3 Å². The van der Waals surface area contributed by atoms with Crippen LogP contribution in [0.3, 0.4) is 0 Å². The standard InChI is InChI=1S/C25H29NO9/c1-30-19-4-12(5-20(31-2)24(19)32-3)21-14-6-17-18(35-11-34-17)7-15(14)23(26-8-13(28)9-27)16-10-33-25(29)22(16)21/h4-7,13,16,21-23,26-28H,8-11H2,1-3H3. The minimum Gasteiger partial charge on any atom is -0.493 e. The number of ether oxygens (including phenoxy) is 6. The number of esters is 1. The number of aliphatic hydroxyl groups is 2. The molecule has 10 nitrogen and oxygen atoms in total. The van der Waals surface area contributed by atoms with Crippen LogP contribution in [-0.4, -0.2) is 70.2 Å². The highest BCUT2D eigenvalue weighted by atomic mass is 16.7. The van der Waals surface area contributed by atoms with Gasteiger partial charge in [-0.25, -0.2) is 0 Å². The molecule has 2 aromatic rings. The third kappa shape index (κ3) is 3.91. The number of hydrogen-bond donors (Lipinski definition) is 3. The predicted molar refractivity (Wildman–Crippen MR) is 122 cm³/mol. The number of cyclic esters (lactones) is 1. The van der Waals surface area contributed by atoms with Gasteiger partial charge in [0.25, 0.3) is 0 Å².